The number of furan rings is 1. The van der Waals surface area contributed by atoms with E-state index in [0.29, 0.717) is 5.82 Å². The van der Waals surface area contributed by atoms with Crippen molar-refractivity contribution in [1.82, 2.24) is 29.2 Å². The van der Waals surface area contributed by atoms with E-state index < -0.39 is 0 Å². The van der Waals surface area contributed by atoms with Crippen LogP contribution in [0.25, 0.3) is 34.3 Å². The zero-order chi connectivity index (χ0) is 16.8. The van der Waals surface area contributed by atoms with Crippen molar-refractivity contribution in [3.05, 3.63) is 59.3 Å². The maximum atomic E-state index is 5.30. The minimum atomic E-state index is 0.681. The van der Waals surface area contributed by atoms with Gasteiger partial charge in [0.25, 0.3) is 0 Å². The predicted molar refractivity (Wildman–Crippen MR) is 95.2 cm³/mol. The van der Waals surface area contributed by atoms with E-state index in [1.54, 1.807) is 10.8 Å². The van der Waals surface area contributed by atoms with Crippen LogP contribution in [-0.4, -0.2) is 29.2 Å². The molecule has 0 saturated heterocycles. The molecule has 0 spiro atoms. The van der Waals surface area contributed by atoms with Crippen LogP contribution in [0.5, 0.6) is 0 Å². The molecule has 0 saturated carbocycles. The van der Waals surface area contributed by atoms with Gasteiger partial charge in [0.05, 0.1) is 12.0 Å². The Bertz CT molecular complexity index is 1210. The lowest BCUT2D eigenvalue weighted by atomic mass is 10.3. The molecule has 0 bridgehead atoms. The highest BCUT2D eigenvalue weighted by Gasteiger charge is 2.19. The number of hydrogen-bond donors (Lipinski definition) is 0. The molecular weight excluding hydrogens is 336 g/mol. The van der Waals surface area contributed by atoms with E-state index in [-0.39, 0.29) is 0 Å². The van der Waals surface area contributed by atoms with Crippen molar-refractivity contribution >= 4 is 34.1 Å². The first-order valence-electron chi connectivity index (χ1n) is 7.67. The standard InChI is InChI=1S/C17H12N6OS/c1-11-15(22-9-3-2-6-13(22)18-11)16-19-20-17-23(16)21-14(25-17)8-7-12-5-4-10-24-12/h2-10H,1H3. The van der Waals surface area contributed by atoms with Crippen LogP contribution in [0.2, 0.25) is 0 Å². The molecule has 8 heteroatoms. The van der Waals surface area contributed by atoms with Crippen LogP contribution in [0, 0.1) is 6.92 Å². The number of pyridine rings is 1. The van der Waals surface area contributed by atoms with Gasteiger partial charge >= 0.3 is 0 Å². The van der Waals surface area contributed by atoms with E-state index in [9.17, 15) is 0 Å². The predicted octanol–water partition coefficient (Wildman–Crippen LogP) is 3.57. The zero-order valence-corrected chi connectivity index (χ0v) is 14.0. The first kappa shape index (κ1) is 14.1. The van der Waals surface area contributed by atoms with Gasteiger partial charge in [0.2, 0.25) is 10.8 Å². The summed E-state index contributed by atoms with van der Waals surface area (Å²) in [7, 11) is 0. The molecule has 5 aromatic heterocycles. The van der Waals surface area contributed by atoms with E-state index in [1.807, 2.05) is 60.0 Å². The van der Waals surface area contributed by atoms with Gasteiger partial charge in [0, 0.05) is 6.20 Å². The lowest BCUT2D eigenvalue weighted by Crippen LogP contribution is -1.96. The van der Waals surface area contributed by atoms with Crippen molar-refractivity contribution in [1.29, 1.82) is 0 Å². The van der Waals surface area contributed by atoms with Crippen molar-refractivity contribution in [2.45, 2.75) is 6.92 Å². The highest BCUT2D eigenvalue weighted by molar-refractivity contribution is 7.17. The van der Waals surface area contributed by atoms with Crippen molar-refractivity contribution in [2.24, 2.45) is 0 Å². The van der Waals surface area contributed by atoms with Gasteiger partial charge in [-0.1, -0.05) is 17.4 Å². The Morgan fingerprint density at radius 1 is 1.12 bits per heavy atom. The molecule has 0 radical (unpaired) electrons. The number of aryl methyl sites for hydroxylation is 1. The molecule has 5 rings (SSSR count). The third-order valence-electron chi connectivity index (χ3n) is 3.86. The molecule has 0 atom stereocenters. The Morgan fingerprint density at radius 2 is 2.08 bits per heavy atom. The summed E-state index contributed by atoms with van der Waals surface area (Å²) in [5, 5.41) is 14.0. The molecule has 7 nitrogen and oxygen atoms in total. The smallest absolute Gasteiger partial charge is 0.235 e. The summed E-state index contributed by atoms with van der Waals surface area (Å²) in [4.78, 5) is 5.32. The Kier molecular flexibility index (Phi) is 3.04. The normalized spacial score (nSPS) is 12.0. The van der Waals surface area contributed by atoms with Gasteiger partial charge in [-0.3, -0.25) is 4.40 Å². The average molecular weight is 348 g/mol. The summed E-state index contributed by atoms with van der Waals surface area (Å²) in [6.07, 6.45) is 7.40. The molecule has 0 unspecified atom stereocenters. The molecule has 0 fully saturated rings. The quantitative estimate of drug-likeness (QED) is 0.498. The third-order valence-corrected chi connectivity index (χ3v) is 4.72. The molecule has 0 amide bonds. The van der Waals surface area contributed by atoms with Gasteiger partial charge in [0.15, 0.2) is 0 Å². The summed E-state index contributed by atoms with van der Waals surface area (Å²) in [6.45, 7) is 1.97. The lowest BCUT2D eigenvalue weighted by Gasteiger charge is -1.99. The van der Waals surface area contributed by atoms with Crippen LogP contribution in [0.4, 0.5) is 0 Å². The molecule has 5 heterocycles. The number of rotatable bonds is 3. The molecule has 5 aromatic rings. The fourth-order valence-corrected chi connectivity index (χ4v) is 3.51. The van der Waals surface area contributed by atoms with E-state index in [2.05, 4.69) is 20.3 Å². The van der Waals surface area contributed by atoms with Gasteiger partial charge in [0.1, 0.15) is 22.1 Å². The Labute approximate surface area is 145 Å². The number of nitrogens with zero attached hydrogens (tertiary/aromatic N) is 6. The van der Waals surface area contributed by atoms with Crippen LogP contribution >= 0.6 is 11.3 Å². The number of imidazole rings is 1. The van der Waals surface area contributed by atoms with Crippen LogP contribution in [-0.2, 0) is 0 Å². The largest absolute Gasteiger partial charge is 0.465 e. The first-order valence-corrected chi connectivity index (χ1v) is 8.49. The van der Waals surface area contributed by atoms with E-state index in [1.165, 1.54) is 11.3 Å². The Morgan fingerprint density at radius 3 is 2.96 bits per heavy atom. The third kappa shape index (κ3) is 2.26. The second kappa shape index (κ2) is 5.38. The molecule has 0 aliphatic carbocycles. The second-order valence-corrected chi connectivity index (χ2v) is 6.47. The fourth-order valence-electron chi connectivity index (χ4n) is 2.77. The molecule has 25 heavy (non-hydrogen) atoms. The van der Waals surface area contributed by atoms with Crippen LogP contribution < -0.4 is 0 Å². The number of aromatic nitrogens is 6. The SMILES string of the molecule is Cc1nc2ccccn2c1-c1nnc2sc(C=Cc3ccco3)nn12. The minimum Gasteiger partial charge on any atom is -0.465 e. The highest BCUT2D eigenvalue weighted by atomic mass is 32.1. The summed E-state index contributed by atoms with van der Waals surface area (Å²) in [6, 6.07) is 9.64. The van der Waals surface area contributed by atoms with Gasteiger partial charge in [-0.25, -0.2) is 4.98 Å². The van der Waals surface area contributed by atoms with Crippen LogP contribution in [0.3, 0.4) is 0 Å². The molecular formula is C17H12N6OS. The number of hydrogen-bond acceptors (Lipinski definition) is 6. The summed E-state index contributed by atoms with van der Waals surface area (Å²) in [5.74, 6) is 1.46. The van der Waals surface area contributed by atoms with E-state index in [0.717, 1.165) is 32.8 Å². The maximum Gasteiger partial charge on any atom is 0.235 e. The monoisotopic (exact) mass is 348 g/mol. The number of fused-ring (bicyclic) bond motifs is 2. The molecule has 0 N–H and O–H groups in total. The van der Waals surface area contributed by atoms with Gasteiger partial charge in [-0.2, -0.15) is 9.61 Å². The molecule has 0 aromatic carbocycles. The van der Waals surface area contributed by atoms with Crippen molar-refractivity contribution in [3.63, 3.8) is 0 Å². The second-order valence-electron chi connectivity index (χ2n) is 5.48. The van der Waals surface area contributed by atoms with Crippen LogP contribution in [0.1, 0.15) is 16.5 Å². The van der Waals surface area contributed by atoms with Crippen molar-refractivity contribution in [2.75, 3.05) is 0 Å². The summed E-state index contributed by atoms with van der Waals surface area (Å²) < 4.78 is 9.06. The highest BCUT2D eigenvalue weighted by Crippen LogP contribution is 2.26. The summed E-state index contributed by atoms with van der Waals surface area (Å²) in [5.41, 5.74) is 2.66. The van der Waals surface area contributed by atoms with Gasteiger partial charge in [-0.15, -0.1) is 10.2 Å². The zero-order valence-electron chi connectivity index (χ0n) is 13.2. The van der Waals surface area contributed by atoms with E-state index in [4.69, 9.17) is 4.42 Å². The first-order chi connectivity index (χ1) is 12.3. The minimum absolute atomic E-state index is 0.681. The fraction of sp³-hybridized carbons (Fsp3) is 0.0588. The van der Waals surface area contributed by atoms with Gasteiger partial charge < -0.3 is 4.42 Å². The summed E-state index contributed by atoms with van der Waals surface area (Å²) >= 11 is 1.47. The average Bonchev–Trinajstić information content (AvgIpc) is 3.36. The lowest BCUT2D eigenvalue weighted by molar-refractivity contribution is 0.557. The van der Waals surface area contributed by atoms with Crippen LogP contribution in [0.15, 0.2) is 47.2 Å². The molecule has 0 aliphatic heterocycles. The van der Waals surface area contributed by atoms with Crippen molar-refractivity contribution in [3.8, 4) is 11.5 Å². The Hall–Kier alpha value is -3.26. The topological polar surface area (TPSA) is 73.5 Å². The Balaban J connectivity index is 1.63. The van der Waals surface area contributed by atoms with Crippen molar-refractivity contribution < 1.29 is 4.42 Å². The maximum absolute atomic E-state index is 5.30. The van der Waals surface area contributed by atoms with Gasteiger partial charge in [-0.05, 0) is 43.3 Å². The molecule has 122 valence electrons. The van der Waals surface area contributed by atoms with E-state index >= 15 is 0 Å². The molecule has 0 aliphatic rings.